The van der Waals surface area contributed by atoms with Gasteiger partial charge in [0, 0.05) is 32.2 Å². The molecule has 2 rings (SSSR count). The molecule has 18 heavy (non-hydrogen) atoms. The Morgan fingerprint density at radius 1 is 1.11 bits per heavy atom. The van der Waals surface area contributed by atoms with Crippen molar-refractivity contribution in [1.29, 1.82) is 0 Å². The molecular formula is C14H26N2O2. The number of likely N-dealkylation sites (N-methyl/N-ethyl adjacent to an activating group) is 1. The predicted octanol–water partition coefficient (Wildman–Crippen LogP) is 1.36. The van der Waals surface area contributed by atoms with Crippen molar-refractivity contribution in [2.24, 2.45) is 5.92 Å². The standard InChI is InChI=1S/C14H26N2O2/c1-3-18-14(17)12-4-6-13(7-5-12)16-10-8-15(2)9-11-16/h12-13H,3-11H2,1-2H3/t12-,13+. The van der Waals surface area contributed by atoms with Crippen LogP contribution in [0, 0.1) is 5.92 Å². The van der Waals surface area contributed by atoms with E-state index >= 15 is 0 Å². The van der Waals surface area contributed by atoms with Gasteiger partial charge in [-0.2, -0.15) is 0 Å². The summed E-state index contributed by atoms with van der Waals surface area (Å²) in [4.78, 5) is 16.7. The highest BCUT2D eigenvalue weighted by atomic mass is 16.5. The van der Waals surface area contributed by atoms with Crippen LogP contribution in [0.1, 0.15) is 32.6 Å². The summed E-state index contributed by atoms with van der Waals surface area (Å²) in [5.74, 6) is 0.183. The Kier molecular flexibility index (Phi) is 5.01. The van der Waals surface area contributed by atoms with E-state index in [0.29, 0.717) is 12.6 Å². The maximum Gasteiger partial charge on any atom is 0.308 e. The summed E-state index contributed by atoms with van der Waals surface area (Å²) in [6, 6.07) is 0.698. The molecule has 0 unspecified atom stereocenters. The van der Waals surface area contributed by atoms with E-state index in [1.807, 2.05) is 6.92 Å². The smallest absolute Gasteiger partial charge is 0.308 e. The average Bonchev–Trinajstić information content (AvgIpc) is 2.40. The van der Waals surface area contributed by atoms with Crippen LogP contribution in [0.2, 0.25) is 0 Å². The number of piperazine rings is 1. The van der Waals surface area contributed by atoms with Gasteiger partial charge in [0.2, 0.25) is 0 Å². The molecule has 0 N–H and O–H groups in total. The summed E-state index contributed by atoms with van der Waals surface area (Å²) in [6.45, 7) is 7.12. The van der Waals surface area contributed by atoms with E-state index in [1.165, 1.54) is 26.2 Å². The number of esters is 1. The molecular weight excluding hydrogens is 228 g/mol. The molecule has 0 aromatic heterocycles. The minimum atomic E-state index is 0.0225. The number of carbonyl (C=O) groups is 1. The maximum absolute atomic E-state index is 11.7. The summed E-state index contributed by atoms with van der Waals surface area (Å²) in [7, 11) is 2.19. The molecule has 0 spiro atoms. The number of rotatable bonds is 3. The molecule has 4 heteroatoms. The topological polar surface area (TPSA) is 32.8 Å². The van der Waals surface area contributed by atoms with Gasteiger partial charge in [0.1, 0.15) is 0 Å². The van der Waals surface area contributed by atoms with E-state index < -0.39 is 0 Å². The molecule has 0 atom stereocenters. The third kappa shape index (κ3) is 3.45. The highest BCUT2D eigenvalue weighted by molar-refractivity contribution is 5.72. The van der Waals surface area contributed by atoms with Gasteiger partial charge in [-0.25, -0.2) is 0 Å². The van der Waals surface area contributed by atoms with E-state index in [2.05, 4.69) is 16.8 Å². The zero-order chi connectivity index (χ0) is 13.0. The molecule has 2 fully saturated rings. The molecule has 0 radical (unpaired) electrons. The van der Waals surface area contributed by atoms with Crippen LogP contribution in [-0.2, 0) is 9.53 Å². The average molecular weight is 254 g/mol. The predicted molar refractivity (Wildman–Crippen MR) is 71.4 cm³/mol. The number of nitrogens with zero attached hydrogens (tertiary/aromatic N) is 2. The van der Waals surface area contributed by atoms with Crippen LogP contribution in [0.3, 0.4) is 0 Å². The van der Waals surface area contributed by atoms with Crippen molar-refractivity contribution in [3.63, 3.8) is 0 Å². The number of carbonyl (C=O) groups excluding carboxylic acids is 1. The number of hydrogen-bond acceptors (Lipinski definition) is 4. The Hall–Kier alpha value is -0.610. The first-order valence-corrected chi connectivity index (χ1v) is 7.30. The first-order valence-electron chi connectivity index (χ1n) is 7.30. The first-order chi connectivity index (χ1) is 8.70. The number of ether oxygens (including phenoxy) is 1. The molecule has 0 aromatic carbocycles. The van der Waals surface area contributed by atoms with E-state index in [1.54, 1.807) is 0 Å². The van der Waals surface area contributed by atoms with Gasteiger partial charge < -0.3 is 9.64 Å². The Labute approximate surface area is 110 Å². The van der Waals surface area contributed by atoms with Crippen LogP contribution in [0.15, 0.2) is 0 Å². The maximum atomic E-state index is 11.7. The van der Waals surface area contributed by atoms with Gasteiger partial charge in [-0.05, 0) is 39.7 Å². The third-order valence-corrected chi connectivity index (χ3v) is 4.37. The Bertz CT molecular complexity index is 267. The normalized spacial score (nSPS) is 31.2. The molecule has 0 bridgehead atoms. The molecule has 1 aliphatic carbocycles. The van der Waals surface area contributed by atoms with Crippen LogP contribution in [-0.4, -0.2) is 61.6 Å². The largest absolute Gasteiger partial charge is 0.466 e. The molecule has 4 nitrogen and oxygen atoms in total. The van der Waals surface area contributed by atoms with Gasteiger partial charge in [0.15, 0.2) is 0 Å². The van der Waals surface area contributed by atoms with Gasteiger partial charge in [0.05, 0.1) is 12.5 Å². The van der Waals surface area contributed by atoms with Crippen molar-refractivity contribution in [1.82, 2.24) is 9.80 Å². The van der Waals surface area contributed by atoms with E-state index in [9.17, 15) is 4.79 Å². The second-order valence-electron chi connectivity index (χ2n) is 5.60. The lowest BCUT2D eigenvalue weighted by Crippen LogP contribution is -2.50. The summed E-state index contributed by atoms with van der Waals surface area (Å²) in [6.07, 6.45) is 4.34. The first kappa shape index (κ1) is 13.8. The lowest BCUT2D eigenvalue weighted by molar-refractivity contribution is -0.149. The molecule has 0 amide bonds. The van der Waals surface area contributed by atoms with Crippen LogP contribution < -0.4 is 0 Å². The fraction of sp³-hybridized carbons (Fsp3) is 0.929. The summed E-state index contributed by atoms with van der Waals surface area (Å²) < 4.78 is 5.12. The zero-order valence-electron chi connectivity index (χ0n) is 11.7. The Morgan fingerprint density at radius 2 is 1.72 bits per heavy atom. The van der Waals surface area contributed by atoms with Gasteiger partial charge in [-0.3, -0.25) is 9.69 Å². The van der Waals surface area contributed by atoms with E-state index in [4.69, 9.17) is 4.74 Å². The fourth-order valence-electron chi connectivity index (χ4n) is 3.12. The summed E-state index contributed by atoms with van der Waals surface area (Å²) in [5.41, 5.74) is 0. The summed E-state index contributed by atoms with van der Waals surface area (Å²) >= 11 is 0. The Morgan fingerprint density at radius 3 is 2.28 bits per heavy atom. The van der Waals surface area contributed by atoms with Crippen molar-refractivity contribution < 1.29 is 9.53 Å². The second-order valence-corrected chi connectivity index (χ2v) is 5.60. The second kappa shape index (κ2) is 6.53. The Balaban J connectivity index is 1.74. The SMILES string of the molecule is CCOC(=O)[C@H]1CC[C@@H](N2CCN(C)CC2)CC1. The number of hydrogen-bond donors (Lipinski definition) is 0. The van der Waals surface area contributed by atoms with Crippen LogP contribution in [0.5, 0.6) is 0 Å². The van der Waals surface area contributed by atoms with Crippen molar-refractivity contribution in [3.8, 4) is 0 Å². The van der Waals surface area contributed by atoms with Crippen molar-refractivity contribution in [2.75, 3.05) is 39.8 Å². The van der Waals surface area contributed by atoms with Crippen LogP contribution >= 0.6 is 0 Å². The minimum absolute atomic E-state index is 0.0225. The third-order valence-electron chi connectivity index (χ3n) is 4.37. The molecule has 1 heterocycles. The highest BCUT2D eigenvalue weighted by Crippen LogP contribution is 2.28. The van der Waals surface area contributed by atoms with Gasteiger partial charge in [0.25, 0.3) is 0 Å². The van der Waals surface area contributed by atoms with E-state index in [-0.39, 0.29) is 11.9 Å². The highest BCUT2D eigenvalue weighted by Gasteiger charge is 2.31. The van der Waals surface area contributed by atoms with E-state index in [0.717, 1.165) is 25.7 Å². The fourth-order valence-corrected chi connectivity index (χ4v) is 3.12. The van der Waals surface area contributed by atoms with Crippen LogP contribution in [0.4, 0.5) is 0 Å². The molecule has 0 aromatic rings. The zero-order valence-corrected chi connectivity index (χ0v) is 11.7. The minimum Gasteiger partial charge on any atom is -0.466 e. The van der Waals surface area contributed by atoms with Gasteiger partial charge in [-0.15, -0.1) is 0 Å². The lowest BCUT2D eigenvalue weighted by atomic mass is 9.85. The molecule has 2 aliphatic rings. The van der Waals surface area contributed by atoms with Crippen molar-refractivity contribution in [2.45, 2.75) is 38.6 Å². The van der Waals surface area contributed by atoms with Crippen molar-refractivity contribution in [3.05, 3.63) is 0 Å². The molecule has 1 saturated heterocycles. The van der Waals surface area contributed by atoms with Crippen molar-refractivity contribution >= 4 is 5.97 Å². The summed E-state index contributed by atoms with van der Waals surface area (Å²) in [5, 5.41) is 0. The monoisotopic (exact) mass is 254 g/mol. The van der Waals surface area contributed by atoms with Gasteiger partial charge in [-0.1, -0.05) is 0 Å². The lowest BCUT2D eigenvalue weighted by Gasteiger charge is -2.40. The molecule has 104 valence electrons. The molecule has 1 saturated carbocycles. The van der Waals surface area contributed by atoms with Gasteiger partial charge >= 0.3 is 5.97 Å². The van der Waals surface area contributed by atoms with Crippen LogP contribution in [0.25, 0.3) is 0 Å². The molecule has 1 aliphatic heterocycles. The quantitative estimate of drug-likeness (QED) is 0.712.